The van der Waals surface area contributed by atoms with Gasteiger partial charge in [0.2, 0.25) is 0 Å². The van der Waals surface area contributed by atoms with Gasteiger partial charge in [0.05, 0.1) is 12.2 Å². The number of imidazole rings is 1. The molecule has 1 aliphatic heterocycles. The highest BCUT2D eigenvalue weighted by molar-refractivity contribution is 5.22. The zero-order valence-corrected chi connectivity index (χ0v) is 12.6. The summed E-state index contributed by atoms with van der Waals surface area (Å²) in [6.07, 6.45) is 3.23. The third kappa shape index (κ3) is 3.27. The van der Waals surface area contributed by atoms with Crippen molar-refractivity contribution in [1.29, 1.82) is 0 Å². The van der Waals surface area contributed by atoms with Gasteiger partial charge in [-0.25, -0.2) is 4.98 Å². The number of hydrogen-bond donors (Lipinski definition) is 1. The van der Waals surface area contributed by atoms with Gasteiger partial charge in [-0.1, -0.05) is 25.1 Å². The van der Waals surface area contributed by atoms with Crippen molar-refractivity contribution >= 4 is 0 Å². The molecule has 21 heavy (non-hydrogen) atoms. The van der Waals surface area contributed by atoms with E-state index in [1.54, 1.807) is 0 Å². The van der Waals surface area contributed by atoms with Gasteiger partial charge >= 0.3 is 0 Å². The van der Waals surface area contributed by atoms with E-state index in [-0.39, 0.29) is 0 Å². The molecule has 0 atom stereocenters. The third-order valence-electron chi connectivity index (χ3n) is 3.87. The van der Waals surface area contributed by atoms with Crippen molar-refractivity contribution in [3.05, 3.63) is 47.5 Å². The van der Waals surface area contributed by atoms with Crippen LogP contribution in [0.5, 0.6) is 5.75 Å². The van der Waals surface area contributed by atoms with Crippen LogP contribution in [-0.4, -0.2) is 22.7 Å². The highest BCUT2D eigenvalue weighted by atomic mass is 16.5. The molecule has 0 aliphatic carbocycles. The number of benzene rings is 1. The Balaban J connectivity index is 1.70. The molecule has 0 bridgehead atoms. The fourth-order valence-electron chi connectivity index (χ4n) is 2.88. The summed E-state index contributed by atoms with van der Waals surface area (Å²) in [7, 11) is 0. The predicted octanol–water partition coefficient (Wildman–Crippen LogP) is 2.56. The summed E-state index contributed by atoms with van der Waals surface area (Å²) in [5, 5.41) is 3.40. The summed E-state index contributed by atoms with van der Waals surface area (Å²) < 4.78 is 8.22. The van der Waals surface area contributed by atoms with Crippen LogP contribution in [0.1, 0.15) is 30.6 Å². The minimum Gasteiger partial charge on any atom is -0.492 e. The molecule has 0 amide bonds. The van der Waals surface area contributed by atoms with Gasteiger partial charge in [0, 0.05) is 31.6 Å². The molecule has 0 saturated carbocycles. The molecule has 0 saturated heterocycles. The molecule has 3 rings (SSSR count). The number of nitrogens with zero attached hydrogens (tertiary/aromatic N) is 2. The SMILES string of the molecule is CCCc1nc2c(n1CCOc1ccccc1)CCNC2. The molecule has 1 aliphatic rings. The van der Waals surface area contributed by atoms with Crippen LogP contribution in [0.4, 0.5) is 0 Å². The molecular weight excluding hydrogens is 262 g/mol. The average molecular weight is 285 g/mol. The largest absolute Gasteiger partial charge is 0.492 e. The van der Waals surface area contributed by atoms with Gasteiger partial charge in [-0.3, -0.25) is 0 Å². The zero-order valence-electron chi connectivity index (χ0n) is 12.6. The first kappa shape index (κ1) is 14.1. The Labute approximate surface area is 126 Å². The van der Waals surface area contributed by atoms with Gasteiger partial charge in [-0.2, -0.15) is 0 Å². The Bertz CT molecular complexity index is 577. The lowest BCUT2D eigenvalue weighted by Gasteiger charge is -2.16. The number of ether oxygens (including phenoxy) is 1. The van der Waals surface area contributed by atoms with Gasteiger partial charge < -0.3 is 14.6 Å². The first-order valence-corrected chi connectivity index (χ1v) is 7.84. The van der Waals surface area contributed by atoms with Crippen LogP contribution in [0.2, 0.25) is 0 Å². The van der Waals surface area contributed by atoms with Gasteiger partial charge in [-0.05, 0) is 18.6 Å². The fraction of sp³-hybridized carbons (Fsp3) is 0.471. The standard InChI is InChI=1S/C17H23N3O/c1-2-6-17-19-15-13-18-10-9-16(15)20(17)11-12-21-14-7-4-3-5-8-14/h3-5,7-8,18H,2,6,9-13H2,1H3. The molecule has 4 heteroatoms. The molecule has 2 heterocycles. The van der Waals surface area contributed by atoms with Crippen LogP contribution in [0.3, 0.4) is 0 Å². The Morgan fingerprint density at radius 3 is 2.95 bits per heavy atom. The van der Waals surface area contributed by atoms with E-state index in [0.717, 1.165) is 44.6 Å². The Hall–Kier alpha value is -1.81. The second-order valence-corrected chi connectivity index (χ2v) is 5.41. The van der Waals surface area contributed by atoms with Crippen molar-refractivity contribution in [2.45, 2.75) is 39.3 Å². The summed E-state index contributed by atoms with van der Waals surface area (Å²) in [6, 6.07) is 10.0. The van der Waals surface area contributed by atoms with E-state index in [4.69, 9.17) is 9.72 Å². The molecule has 1 aromatic heterocycles. The molecule has 1 aromatic carbocycles. The number of rotatable bonds is 6. The highest BCUT2D eigenvalue weighted by Crippen LogP contribution is 2.18. The minimum atomic E-state index is 0.691. The van der Waals surface area contributed by atoms with Crippen molar-refractivity contribution < 1.29 is 4.74 Å². The molecule has 0 radical (unpaired) electrons. The lowest BCUT2D eigenvalue weighted by Crippen LogP contribution is -2.25. The Morgan fingerprint density at radius 2 is 2.14 bits per heavy atom. The predicted molar refractivity (Wildman–Crippen MR) is 83.6 cm³/mol. The molecule has 4 nitrogen and oxygen atoms in total. The van der Waals surface area contributed by atoms with Crippen molar-refractivity contribution in [2.24, 2.45) is 0 Å². The van der Waals surface area contributed by atoms with Crippen LogP contribution in [0, 0.1) is 0 Å². The first-order chi connectivity index (χ1) is 10.4. The molecule has 112 valence electrons. The molecule has 0 fully saturated rings. The summed E-state index contributed by atoms with van der Waals surface area (Å²) in [5.41, 5.74) is 2.62. The van der Waals surface area contributed by atoms with E-state index in [9.17, 15) is 0 Å². The van der Waals surface area contributed by atoms with E-state index in [1.165, 1.54) is 17.2 Å². The maximum absolute atomic E-state index is 5.84. The van der Waals surface area contributed by atoms with Crippen molar-refractivity contribution in [3.63, 3.8) is 0 Å². The van der Waals surface area contributed by atoms with Crippen molar-refractivity contribution in [1.82, 2.24) is 14.9 Å². The second-order valence-electron chi connectivity index (χ2n) is 5.41. The Kier molecular flexibility index (Phi) is 4.55. The summed E-state index contributed by atoms with van der Waals surface area (Å²) >= 11 is 0. The van der Waals surface area contributed by atoms with Gasteiger partial charge in [0.15, 0.2) is 0 Å². The Morgan fingerprint density at radius 1 is 1.29 bits per heavy atom. The number of aryl methyl sites for hydroxylation is 1. The number of nitrogens with one attached hydrogen (secondary N) is 1. The maximum atomic E-state index is 5.84. The lowest BCUT2D eigenvalue weighted by atomic mass is 10.2. The normalized spacial score (nSPS) is 14.0. The van der Waals surface area contributed by atoms with Crippen LogP contribution >= 0.6 is 0 Å². The summed E-state index contributed by atoms with van der Waals surface area (Å²) in [5.74, 6) is 2.15. The van der Waals surface area contributed by atoms with Crippen LogP contribution in [-0.2, 0) is 25.9 Å². The second kappa shape index (κ2) is 6.76. The van der Waals surface area contributed by atoms with Gasteiger partial charge in [-0.15, -0.1) is 0 Å². The van der Waals surface area contributed by atoms with E-state index >= 15 is 0 Å². The van der Waals surface area contributed by atoms with Crippen LogP contribution in [0.15, 0.2) is 30.3 Å². The van der Waals surface area contributed by atoms with Gasteiger partial charge in [0.1, 0.15) is 18.2 Å². The van der Waals surface area contributed by atoms with Crippen molar-refractivity contribution in [3.8, 4) is 5.75 Å². The molecule has 0 spiro atoms. The topological polar surface area (TPSA) is 39.1 Å². The fourth-order valence-corrected chi connectivity index (χ4v) is 2.88. The van der Waals surface area contributed by atoms with E-state index in [1.807, 2.05) is 30.3 Å². The van der Waals surface area contributed by atoms with E-state index < -0.39 is 0 Å². The van der Waals surface area contributed by atoms with E-state index in [2.05, 4.69) is 16.8 Å². The number of aromatic nitrogens is 2. The summed E-state index contributed by atoms with van der Waals surface area (Å²) in [6.45, 7) is 5.72. The molecule has 1 N–H and O–H groups in total. The lowest BCUT2D eigenvalue weighted by molar-refractivity contribution is 0.294. The third-order valence-corrected chi connectivity index (χ3v) is 3.87. The number of para-hydroxylation sites is 1. The highest BCUT2D eigenvalue weighted by Gasteiger charge is 2.18. The molecular formula is C17H23N3O. The van der Waals surface area contributed by atoms with Crippen molar-refractivity contribution in [2.75, 3.05) is 13.2 Å². The molecule has 2 aromatic rings. The quantitative estimate of drug-likeness (QED) is 0.886. The van der Waals surface area contributed by atoms with Crippen LogP contribution < -0.4 is 10.1 Å². The van der Waals surface area contributed by atoms with E-state index in [0.29, 0.717) is 6.61 Å². The number of hydrogen-bond acceptors (Lipinski definition) is 3. The minimum absolute atomic E-state index is 0.691. The number of fused-ring (bicyclic) bond motifs is 1. The average Bonchev–Trinajstić information content (AvgIpc) is 2.87. The molecule has 0 unspecified atom stereocenters. The van der Waals surface area contributed by atoms with Crippen LogP contribution in [0.25, 0.3) is 0 Å². The smallest absolute Gasteiger partial charge is 0.119 e. The first-order valence-electron chi connectivity index (χ1n) is 7.84. The zero-order chi connectivity index (χ0) is 14.5. The van der Waals surface area contributed by atoms with Gasteiger partial charge in [0.25, 0.3) is 0 Å². The maximum Gasteiger partial charge on any atom is 0.119 e. The summed E-state index contributed by atoms with van der Waals surface area (Å²) in [4.78, 5) is 4.81. The monoisotopic (exact) mass is 285 g/mol.